The molecular weight excluding hydrogens is 336 g/mol. The molecule has 42 valence electrons. The van der Waals surface area contributed by atoms with Crippen LogP contribution >= 0.6 is 17.0 Å². The molecular formula is C2H3BiCl2O2. The number of halogens is 2. The molecule has 0 aliphatic carbocycles. The Hall–Kier alpha value is 0.933. The molecule has 0 aromatic rings. The van der Waals surface area contributed by atoms with Gasteiger partial charge in [-0.2, -0.15) is 0 Å². The maximum absolute atomic E-state index is 9.69. The van der Waals surface area contributed by atoms with E-state index in [1.807, 2.05) is 0 Å². The van der Waals surface area contributed by atoms with E-state index in [4.69, 9.17) is 22.1 Å². The topological polar surface area (TPSA) is 37.3 Å². The molecule has 0 saturated carbocycles. The van der Waals surface area contributed by atoms with Crippen molar-refractivity contribution in [3.8, 4) is 0 Å². The van der Waals surface area contributed by atoms with Crippen molar-refractivity contribution in [2.45, 2.75) is 4.13 Å². The van der Waals surface area contributed by atoms with Gasteiger partial charge in [-0.25, -0.2) is 0 Å². The van der Waals surface area contributed by atoms with E-state index in [1.165, 1.54) is 0 Å². The molecule has 0 radical (unpaired) electrons. The van der Waals surface area contributed by atoms with Crippen molar-refractivity contribution >= 4 is 42.4 Å². The molecule has 7 heavy (non-hydrogen) atoms. The first-order chi connectivity index (χ1) is 3.13. The molecule has 0 heterocycles. The molecule has 0 atom stereocenters. The van der Waals surface area contributed by atoms with Gasteiger partial charge in [-0.1, -0.05) is 0 Å². The molecule has 0 saturated heterocycles. The molecule has 0 aliphatic rings. The van der Waals surface area contributed by atoms with Crippen LogP contribution in [0.25, 0.3) is 0 Å². The van der Waals surface area contributed by atoms with Gasteiger partial charge in [-0.05, 0) is 0 Å². The van der Waals surface area contributed by atoms with Crippen molar-refractivity contribution in [3.63, 3.8) is 0 Å². The van der Waals surface area contributed by atoms with E-state index in [0.29, 0.717) is 0 Å². The first-order valence-corrected chi connectivity index (χ1v) is 12.5. The van der Waals surface area contributed by atoms with E-state index < -0.39 is 25.3 Å². The normalized spacial score (nSPS) is 9.57. The zero-order valence-electron chi connectivity index (χ0n) is 3.27. The minimum atomic E-state index is -2.40. The number of rotatable bonds is 2. The Labute approximate surface area is 56.2 Å². The van der Waals surface area contributed by atoms with E-state index >= 15 is 0 Å². The van der Waals surface area contributed by atoms with Crippen LogP contribution in [0.2, 0.25) is 4.13 Å². The number of carboxylic acids is 1. The van der Waals surface area contributed by atoms with Crippen molar-refractivity contribution in [2.24, 2.45) is 0 Å². The Morgan fingerprint density at radius 2 is 2.14 bits per heavy atom. The van der Waals surface area contributed by atoms with Crippen molar-refractivity contribution < 1.29 is 9.90 Å². The van der Waals surface area contributed by atoms with Crippen LogP contribution < -0.4 is 0 Å². The van der Waals surface area contributed by atoms with Crippen molar-refractivity contribution in [1.29, 1.82) is 0 Å². The van der Waals surface area contributed by atoms with Crippen LogP contribution in [0.15, 0.2) is 0 Å². The second kappa shape index (κ2) is 3.88. The Balaban J connectivity index is 3.13. The molecule has 0 aromatic carbocycles. The zero-order chi connectivity index (χ0) is 5.86. The second-order valence-electron chi connectivity index (χ2n) is 0.855. The van der Waals surface area contributed by atoms with Crippen LogP contribution in [0.3, 0.4) is 0 Å². The monoisotopic (exact) mass is 338 g/mol. The number of hydrogen-bond donors (Lipinski definition) is 1. The van der Waals surface area contributed by atoms with Crippen LogP contribution in [0.1, 0.15) is 0 Å². The predicted octanol–water partition coefficient (Wildman–Crippen LogP) is 1.04. The van der Waals surface area contributed by atoms with Gasteiger partial charge in [0.1, 0.15) is 0 Å². The molecule has 2 nitrogen and oxygen atoms in total. The summed E-state index contributed by atoms with van der Waals surface area (Å²) in [6.07, 6.45) is 0. The molecule has 0 fully saturated rings. The molecule has 5 heteroatoms. The maximum atomic E-state index is 9.69. The van der Waals surface area contributed by atoms with Crippen molar-refractivity contribution in [1.82, 2.24) is 0 Å². The number of carboxylic acid groups (broad SMARTS) is 1. The summed E-state index contributed by atoms with van der Waals surface area (Å²) in [7, 11) is 10.5. The summed E-state index contributed by atoms with van der Waals surface area (Å²) < 4.78 is 0.0123. The average Bonchev–Trinajstić information content (AvgIpc) is 1.27. The summed E-state index contributed by atoms with van der Waals surface area (Å²) in [5.74, 6) is -0.886. The SMILES string of the molecule is O=C(O)[CH2][Bi]([Cl])[Cl]. The van der Waals surface area contributed by atoms with E-state index in [9.17, 15) is 4.79 Å². The summed E-state index contributed by atoms with van der Waals surface area (Å²) in [5, 5.41) is 7.97. The molecule has 0 spiro atoms. The third-order valence-electron chi connectivity index (χ3n) is 0.255. The molecule has 1 N–H and O–H groups in total. The van der Waals surface area contributed by atoms with E-state index in [-0.39, 0.29) is 4.13 Å². The Bertz CT molecular complexity index is 74.1. The van der Waals surface area contributed by atoms with Crippen molar-refractivity contribution in [3.05, 3.63) is 0 Å². The van der Waals surface area contributed by atoms with Crippen LogP contribution in [-0.4, -0.2) is 30.4 Å². The first kappa shape index (κ1) is 7.93. The predicted molar refractivity (Wildman–Crippen MR) is 29.9 cm³/mol. The van der Waals surface area contributed by atoms with E-state index in [0.717, 1.165) is 0 Å². The Kier molecular flexibility index (Phi) is 4.39. The Morgan fingerprint density at radius 3 is 2.14 bits per heavy atom. The summed E-state index contributed by atoms with van der Waals surface area (Å²) in [5.41, 5.74) is 0. The summed E-state index contributed by atoms with van der Waals surface area (Å²) in [6, 6.07) is 0. The van der Waals surface area contributed by atoms with Gasteiger partial charge in [0.05, 0.1) is 0 Å². The number of hydrogen-bond acceptors (Lipinski definition) is 1. The van der Waals surface area contributed by atoms with Gasteiger partial charge < -0.3 is 0 Å². The number of carbonyl (C=O) groups is 1. The molecule has 0 unspecified atom stereocenters. The average molecular weight is 339 g/mol. The van der Waals surface area contributed by atoms with Gasteiger partial charge in [0, 0.05) is 0 Å². The van der Waals surface area contributed by atoms with E-state index in [1.54, 1.807) is 0 Å². The summed E-state index contributed by atoms with van der Waals surface area (Å²) in [6.45, 7) is 0. The quantitative estimate of drug-likeness (QED) is 0.764. The third-order valence-corrected chi connectivity index (χ3v) is 4.33. The van der Waals surface area contributed by atoms with Gasteiger partial charge in [0.2, 0.25) is 0 Å². The fourth-order valence-corrected chi connectivity index (χ4v) is 2.69. The van der Waals surface area contributed by atoms with Crippen LogP contribution in [-0.2, 0) is 4.79 Å². The molecule has 0 rings (SSSR count). The van der Waals surface area contributed by atoms with Crippen LogP contribution in [0.4, 0.5) is 0 Å². The van der Waals surface area contributed by atoms with Crippen LogP contribution in [0, 0.1) is 0 Å². The fraction of sp³-hybridized carbons (Fsp3) is 0.500. The summed E-state index contributed by atoms with van der Waals surface area (Å²) in [4.78, 5) is 9.69. The molecule has 0 amide bonds. The molecule has 0 aliphatic heterocycles. The standard InChI is InChI=1S/C2H3O2.Bi.2ClH/c1-2(3)4;;;/h1H2,(H,3,4);;2*1H/q;+2;;/p-2. The van der Waals surface area contributed by atoms with Gasteiger partial charge >= 0.3 is 56.4 Å². The molecule has 0 aromatic heterocycles. The van der Waals surface area contributed by atoms with Gasteiger partial charge in [0.25, 0.3) is 0 Å². The summed E-state index contributed by atoms with van der Waals surface area (Å²) >= 11 is -2.40. The van der Waals surface area contributed by atoms with Gasteiger partial charge in [-0.15, -0.1) is 0 Å². The number of aliphatic carboxylic acids is 1. The van der Waals surface area contributed by atoms with Gasteiger partial charge in [0.15, 0.2) is 0 Å². The zero-order valence-corrected chi connectivity index (χ0v) is 8.25. The fourth-order valence-electron chi connectivity index (χ4n) is 0.102. The third kappa shape index (κ3) is 6.93. The van der Waals surface area contributed by atoms with Crippen LogP contribution in [0.5, 0.6) is 0 Å². The Morgan fingerprint density at radius 1 is 1.71 bits per heavy atom. The molecule has 0 bridgehead atoms. The first-order valence-electron chi connectivity index (χ1n) is 1.44. The van der Waals surface area contributed by atoms with Crippen molar-refractivity contribution in [2.75, 3.05) is 0 Å². The minimum absolute atomic E-state index is 0.0123. The second-order valence-corrected chi connectivity index (χ2v) is 13.1. The van der Waals surface area contributed by atoms with E-state index in [2.05, 4.69) is 0 Å². The van der Waals surface area contributed by atoms with Gasteiger partial charge in [-0.3, -0.25) is 0 Å².